The normalized spacial score (nSPS) is 20.3. The third-order valence-corrected chi connectivity index (χ3v) is 2.75. The Morgan fingerprint density at radius 3 is 2.57 bits per heavy atom. The number of carbonyl (C=O) groups is 1. The molecular formula is C11H18O3. The number of carboxylic acid groups (broad SMARTS) is 1. The van der Waals surface area contributed by atoms with Crippen LogP contribution in [0, 0.1) is 0 Å². The quantitative estimate of drug-likeness (QED) is 0.690. The molecule has 0 heterocycles. The van der Waals surface area contributed by atoms with E-state index in [0.717, 1.165) is 25.7 Å². The lowest BCUT2D eigenvalue weighted by molar-refractivity contribution is -0.147. The predicted molar refractivity (Wildman–Crippen MR) is 54.2 cm³/mol. The van der Waals surface area contributed by atoms with Gasteiger partial charge in [0, 0.05) is 0 Å². The van der Waals surface area contributed by atoms with Crippen LogP contribution in [0.1, 0.15) is 38.5 Å². The van der Waals surface area contributed by atoms with E-state index in [-0.39, 0.29) is 6.42 Å². The number of rotatable bonds is 5. The Balaban J connectivity index is 2.56. The molecule has 3 heteroatoms. The summed E-state index contributed by atoms with van der Waals surface area (Å²) in [6.45, 7) is 4.03. The van der Waals surface area contributed by atoms with Crippen molar-refractivity contribution in [2.75, 3.05) is 6.61 Å². The highest BCUT2D eigenvalue weighted by Gasteiger charge is 2.34. The van der Waals surface area contributed by atoms with Crippen molar-refractivity contribution in [2.45, 2.75) is 44.1 Å². The number of hydrogen-bond acceptors (Lipinski definition) is 2. The first kappa shape index (κ1) is 11.2. The predicted octanol–water partition coefficient (Wildman–Crippen LogP) is 2.37. The average molecular weight is 198 g/mol. The maximum Gasteiger partial charge on any atom is 0.306 e. The number of carboxylic acids is 1. The minimum absolute atomic E-state index is 0.126. The van der Waals surface area contributed by atoms with Crippen LogP contribution in [0.3, 0.4) is 0 Å². The van der Waals surface area contributed by atoms with E-state index in [2.05, 4.69) is 6.58 Å². The SMILES string of the molecule is C=CCOC1(CC(=O)O)CCCCC1. The van der Waals surface area contributed by atoms with Crippen LogP contribution < -0.4 is 0 Å². The molecule has 0 unspecified atom stereocenters. The summed E-state index contributed by atoms with van der Waals surface area (Å²) < 4.78 is 5.63. The molecular weight excluding hydrogens is 180 g/mol. The molecule has 1 fully saturated rings. The zero-order valence-corrected chi connectivity index (χ0v) is 8.50. The number of aliphatic carboxylic acids is 1. The second-order valence-electron chi connectivity index (χ2n) is 3.91. The molecule has 1 aliphatic rings. The smallest absolute Gasteiger partial charge is 0.306 e. The second kappa shape index (κ2) is 5.15. The first-order chi connectivity index (χ1) is 6.68. The molecule has 3 nitrogen and oxygen atoms in total. The summed E-state index contributed by atoms with van der Waals surface area (Å²) in [6, 6.07) is 0. The molecule has 0 atom stereocenters. The van der Waals surface area contributed by atoms with Gasteiger partial charge in [0.05, 0.1) is 18.6 Å². The Morgan fingerprint density at radius 1 is 1.43 bits per heavy atom. The van der Waals surface area contributed by atoms with Gasteiger partial charge in [-0.3, -0.25) is 4.79 Å². The lowest BCUT2D eigenvalue weighted by Crippen LogP contribution is -2.37. The molecule has 0 saturated heterocycles. The maximum absolute atomic E-state index is 10.7. The van der Waals surface area contributed by atoms with Gasteiger partial charge in [0.2, 0.25) is 0 Å². The van der Waals surface area contributed by atoms with Gasteiger partial charge < -0.3 is 9.84 Å². The Bertz CT molecular complexity index is 205. The van der Waals surface area contributed by atoms with E-state index >= 15 is 0 Å². The van der Waals surface area contributed by atoms with Crippen molar-refractivity contribution in [3.8, 4) is 0 Å². The fourth-order valence-corrected chi connectivity index (χ4v) is 2.08. The fourth-order valence-electron chi connectivity index (χ4n) is 2.08. The van der Waals surface area contributed by atoms with Gasteiger partial charge in [0.15, 0.2) is 0 Å². The summed E-state index contributed by atoms with van der Waals surface area (Å²) in [5, 5.41) is 8.82. The molecule has 0 spiro atoms. The largest absolute Gasteiger partial charge is 0.481 e. The van der Waals surface area contributed by atoms with Crippen molar-refractivity contribution < 1.29 is 14.6 Å². The average Bonchev–Trinajstić information content (AvgIpc) is 2.15. The third-order valence-electron chi connectivity index (χ3n) is 2.75. The highest BCUT2D eigenvalue weighted by atomic mass is 16.5. The first-order valence-corrected chi connectivity index (χ1v) is 5.15. The summed E-state index contributed by atoms with van der Waals surface area (Å²) in [5.74, 6) is -0.768. The summed E-state index contributed by atoms with van der Waals surface area (Å²) >= 11 is 0. The van der Waals surface area contributed by atoms with Gasteiger partial charge in [0.1, 0.15) is 0 Å². The molecule has 0 aromatic heterocycles. The molecule has 0 amide bonds. The van der Waals surface area contributed by atoms with Gasteiger partial charge in [0.25, 0.3) is 0 Å². The van der Waals surface area contributed by atoms with Crippen molar-refractivity contribution in [3.63, 3.8) is 0 Å². The van der Waals surface area contributed by atoms with E-state index in [9.17, 15) is 4.79 Å². The van der Waals surface area contributed by atoms with Crippen molar-refractivity contribution in [3.05, 3.63) is 12.7 Å². The van der Waals surface area contributed by atoms with Crippen molar-refractivity contribution in [1.82, 2.24) is 0 Å². The minimum atomic E-state index is -0.768. The molecule has 0 aromatic rings. The summed E-state index contributed by atoms with van der Waals surface area (Å²) in [4.78, 5) is 10.7. The Labute approximate surface area is 84.8 Å². The van der Waals surface area contributed by atoms with Gasteiger partial charge in [-0.1, -0.05) is 25.3 Å². The molecule has 0 aromatic carbocycles. The van der Waals surface area contributed by atoms with Crippen LogP contribution in [-0.2, 0) is 9.53 Å². The third kappa shape index (κ3) is 3.14. The molecule has 1 aliphatic carbocycles. The number of ether oxygens (including phenoxy) is 1. The Morgan fingerprint density at radius 2 is 2.07 bits per heavy atom. The maximum atomic E-state index is 10.7. The molecule has 0 radical (unpaired) electrons. The van der Waals surface area contributed by atoms with E-state index < -0.39 is 11.6 Å². The molecule has 1 saturated carbocycles. The van der Waals surface area contributed by atoms with E-state index in [1.54, 1.807) is 6.08 Å². The second-order valence-corrected chi connectivity index (χ2v) is 3.91. The van der Waals surface area contributed by atoms with Gasteiger partial charge in [-0.05, 0) is 12.8 Å². The first-order valence-electron chi connectivity index (χ1n) is 5.15. The summed E-state index contributed by atoms with van der Waals surface area (Å²) in [6.07, 6.45) is 6.88. The Kier molecular flexibility index (Phi) is 4.14. The minimum Gasteiger partial charge on any atom is -0.481 e. The number of hydrogen-bond donors (Lipinski definition) is 1. The van der Waals surface area contributed by atoms with Crippen molar-refractivity contribution in [1.29, 1.82) is 0 Å². The lowest BCUT2D eigenvalue weighted by atomic mass is 9.82. The van der Waals surface area contributed by atoms with E-state index in [0.29, 0.717) is 6.61 Å². The van der Waals surface area contributed by atoms with Crippen LogP contribution >= 0.6 is 0 Å². The van der Waals surface area contributed by atoms with Crippen LogP contribution in [0.15, 0.2) is 12.7 Å². The topological polar surface area (TPSA) is 46.5 Å². The molecule has 1 N–H and O–H groups in total. The molecule has 14 heavy (non-hydrogen) atoms. The molecule has 0 bridgehead atoms. The van der Waals surface area contributed by atoms with Crippen LogP contribution in [0.2, 0.25) is 0 Å². The van der Waals surface area contributed by atoms with Crippen molar-refractivity contribution >= 4 is 5.97 Å². The summed E-state index contributed by atoms with van der Waals surface area (Å²) in [5.41, 5.74) is -0.418. The van der Waals surface area contributed by atoms with Crippen LogP contribution in [0.4, 0.5) is 0 Å². The molecule has 80 valence electrons. The fraction of sp³-hybridized carbons (Fsp3) is 0.727. The molecule has 1 rings (SSSR count). The highest BCUT2D eigenvalue weighted by Crippen LogP contribution is 2.34. The Hall–Kier alpha value is -0.830. The van der Waals surface area contributed by atoms with E-state index in [1.807, 2.05) is 0 Å². The summed E-state index contributed by atoms with van der Waals surface area (Å²) in [7, 11) is 0. The zero-order chi connectivity index (χ0) is 10.4. The van der Waals surface area contributed by atoms with Crippen molar-refractivity contribution in [2.24, 2.45) is 0 Å². The highest BCUT2D eigenvalue weighted by molar-refractivity contribution is 5.68. The van der Waals surface area contributed by atoms with Gasteiger partial charge in [-0.2, -0.15) is 0 Å². The van der Waals surface area contributed by atoms with Gasteiger partial charge >= 0.3 is 5.97 Å². The zero-order valence-electron chi connectivity index (χ0n) is 8.50. The standard InChI is InChI=1S/C11H18O3/c1-2-8-14-11(9-10(12)13)6-4-3-5-7-11/h2H,1,3-9H2,(H,12,13). The van der Waals surface area contributed by atoms with Gasteiger partial charge in [-0.15, -0.1) is 6.58 Å². The van der Waals surface area contributed by atoms with Crippen LogP contribution in [0.25, 0.3) is 0 Å². The molecule has 0 aliphatic heterocycles. The lowest BCUT2D eigenvalue weighted by Gasteiger charge is -2.35. The monoisotopic (exact) mass is 198 g/mol. The van der Waals surface area contributed by atoms with Crippen LogP contribution in [0.5, 0.6) is 0 Å². The van der Waals surface area contributed by atoms with Gasteiger partial charge in [-0.25, -0.2) is 0 Å². The van der Waals surface area contributed by atoms with Crippen LogP contribution in [-0.4, -0.2) is 23.3 Å². The van der Waals surface area contributed by atoms with E-state index in [1.165, 1.54) is 6.42 Å². The van der Waals surface area contributed by atoms with E-state index in [4.69, 9.17) is 9.84 Å².